The second kappa shape index (κ2) is 4.81. The normalized spacial score (nSPS) is 10.4. The number of rotatable bonds is 3. The maximum atomic E-state index is 6.15. The van der Waals surface area contributed by atoms with E-state index in [0.29, 0.717) is 11.8 Å². The van der Waals surface area contributed by atoms with Gasteiger partial charge in [-0.1, -0.05) is 23.7 Å². The lowest BCUT2D eigenvalue weighted by Gasteiger charge is -2.08. The molecule has 2 nitrogen and oxygen atoms in total. The van der Waals surface area contributed by atoms with E-state index in [4.69, 9.17) is 27.6 Å². The molecule has 0 atom stereocenters. The number of halogens is 2. The van der Waals surface area contributed by atoms with Crippen molar-refractivity contribution in [2.24, 2.45) is 0 Å². The van der Waals surface area contributed by atoms with Crippen LogP contribution in [0, 0.1) is 6.92 Å². The second-order valence-electron chi connectivity index (χ2n) is 3.50. The SMILES string of the molecule is Cc1cccc(NCc2ccc(Cl)o2)c1Cl. The van der Waals surface area contributed by atoms with Gasteiger partial charge in [-0.15, -0.1) is 0 Å². The minimum atomic E-state index is 0.395. The summed E-state index contributed by atoms with van der Waals surface area (Å²) in [5.74, 6) is 0.780. The minimum absolute atomic E-state index is 0.395. The lowest BCUT2D eigenvalue weighted by Crippen LogP contribution is -1.99. The molecule has 0 spiro atoms. The first-order chi connectivity index (χ1) is 7.66. The molecule has 0 saturated carbocycles. The number of hydrogen-bond donors (Lipinski definition) is 1. The highest BCUT2D eigenvalue weighted by Crippen LogP contribution is 2.25. The van der Waals surface area contributed by atoms with Gasteiger partial charge in [0.25, 0.3) is 0 Å². The molecule has 0 aliphatic heterocycles. The predicted octanol–water partition coefficient (Wildman–Crippen LogP) is 4.51. The average molecular weight is 256 g/mol. The summed E-state index contributed by atoms with van der Waals surface area (Å²) in [7, 11) is 0. The Morgan fingerprint density at radius 1 is 1.19 bits per heavy atom. The third kappa shape index (κ3) is 2.52. The quantitative estimate of drug-likeness (QED) is 0.874. The Bertz CT molecular complexity index is 494. The van der Waals surface area contributed by atoms with Gasteiger partial charge in [-0.2, -0.15) is 0 Å². The van der Waals surface area contributed by atoms with Crippen LogP contribution in [0.2, 0.25) is 10.2 Å². The predicted molar refractivity (Wildman–Crippen MR) is 67.2 cm³/mol. The first kappa shape index (κ1) is 11.4. The van der Waals surface area contributed by atoms with Gasteiger partial charge in [0.05, 0.1) is 17.3 Å². The van der Waals surface area contributed by atoms with Crippen LogP contribution in [0.1, 0.15) is 11.3 Å². The number of furan rings is 1. The third-order valence-electron chi connectivity index (χ3n) is 2.27. The first-order valence-electron chi connectivity index (χ1n) is 4.90. The van der Waals surface area contributed by atoms with Crippen molar-refractivity contribution in [2.75, 3.05) is 5.32 Å². The van der Waals surface area contributed by atoms with E-state index >= 15 is 0 Å². The average Bonchev–Trinajstić information content (AvgIpc) is 2.67. The molecule has 1 heterocycles. The number of nitrogens with one attached hydrogen (secondary N) is 1. The zero-order valence-electron chi connectivity index (χ0n) is 8.76. The molecular formula is C12H11Cl2NO. The molecule has 1 aromatic carbocycles. The van der Waals surface area contributed by atoms with E-state index < -0.39 is 0 Å². The summed E-state index contributed by atoms with van der Waals surface area (Å²) in [6, 6.07) is 9.41. The van der Waals surface area contributed by atoms with E-state index in [1.54, 1.807) is 6.07 Å². The maximum Gasteiger partial charge on any atom is 0.193 e. The Balaban J connectivity index is 2.07. The summed E-state index contributed by atoms with van der Waals surface area (Å²) in [5.41, 5.74) is 1.94. The van der Waals surface area contributed by atoms with Crippen LogP contribution in [0.5, 0.6) is 0 Å². The molecule has 0 aliphatic rings. The molecule has 0 bridgehead atoms. The van der Waals surface area contributed by atoms with Crippen LogP contribution in [0.15, 0.2) is 34.7 Å². The molecule has 2 aromatic rings. The molecule has 84 valence electrons. The van der Waals surface area contributed by atoms with Crippen LogP contribution >= 0.6 is 23.2 Å². The van der Waals surface area contributed by atoms with Gasteiger partial charge in [-0.3, -0.25) is 0 Å². The van der Waals surface area contributed by atoms with Gasteiger partial charge in [0, 0.05) is 0 Å². The van der Waals surface area contributed by atoms with Crippen LogP contribution in [0.4, 0.5) is 5.69 Å². The molecule has 2 rings (SSSR count). The molecule has 1 N–H and O–H groups in total. The Labute approximate surface area is 104 Å². The summed E-state index contributed by atoms with van der Waals surface area (Å²) in [4.78, 5) is 0. The summed E-state index contributed by atoms with van der Waals surface area (Å²) < 4.78 is 5.24. The van der Waals surface area contributed by atoms with Gasteiger partial charge in [0.1, 0.15) is 5.76 Å². The van der Waals surface area contributed by atoms with E-state index in [1.165, 1.54) is 0 Å². The van der Waals surface area contributed by atoms with Crippen molar-refractivity contribution in [3.63, 3.8) is 0 Å². The molecule has 0 unspecified atom stereocenters. The Morgan fingerprint density at radius 3 is 2.69 bits per heavy atom. The Hall–Kier alpha value is -1.12. The lowest BCUT2D eigenvalue weighted by molar-refractivity contribution is 0.520. The van der Waals surface area contributed by atoms with Crippen molar-refractivity contribution >= 4 is 28.9 Å². The maximum absolute atomic E-state index is 6.15. The zero-order chi connectivity index (χ0) is 11.5. The van der Waals surface area contributed by atoms with Gasteiger partial charge >= 0.3 is 0 Å². The summed E-state index contributed by atoms with van der Waals surface area (Å²) in [6.07, 6.45) is 0. The van der Waals surface area contributed by atoms with Crippen molar-refractivity contribution in [2.45, 2.75) is 13.5 Å². The first-order valence-corrected chi connectivity index (χ1v) is 5.65. The van der Waals surface area contributed by atoms with E-state index in [-0.39, 0.29) is 0 Å². The van der Waals surface area contributed by atoms with Gasteiger partial charge in [-0.05, 0) is 42.3 Å². The zero-order valence-corrected chi connectivity index (χ0v) is 10.3. The van der Waals surface area contributed by atoms with Gasteiger partial charge in [-0.25, -0.2) is 0 Å². The number of hydrogen-bond acceptors (Lipinski definition) is 2. The van der Waals surface area contributed by atoms with Crippen molar-refractivity contribution in [3.05, 3.63) is 51.9 Å². The molecule has 0 saturated heterocycles. The summed E-state index contributed by atoms with van der Waals surface area (Å²) >= 11 is 11.8. The molecule has 1 aromatic heterocycles. The standard InChI is InChI=1S/C12H11Cl2NO/c1-8-3-2-4-10(12(8)14)15-7-9-5-6-11(13)16-9/h2-6,15H,7H2,1H3. The lowest BCUT2D eigenvalue weighted by atomic mass is 10.2. The number of anilines is 1. The van der Waals surface area contributed by atoms with E-state index in [0.717, 1.165) is 22.0 Å². The number of benzene rings is 1. The molecule has 4 heteroatoms. The molecule has 0 radical (unpaired) electrons. The Kier molecular flexibility index (Phi) is 3.42. The highest BCUT2D eigenvalue weighted by molar-refractivity contribution is 6.34. The van der Waals surface area contributed by atoms with E-state index in [9.17, 15) is 0 Å². The van der Waals surface area contributed by atoms with Crippen LogP contribution in [0.3, 0.4) is 0 Å². The van der Waals surface area contributed by atoms with Crippen LogP contribution in [-0.2, 0) is 6.54 Å². The molecule has 16 heavy (non-hydrogen) atoms. The highest BCUT2D eigenvalue weighted by atomic mass is 35.5. The highest BCUT2D eigenvalue weighted by Gasteiger charge is 2.04. The Morgan fingerprint density at radius 2 is 2.00 bits per heavy atom. The monoisotopic (exact) mass is 255 g/mol. The van der Waals surface area contributed by atoms with Gasteiger partial charge in [0.2, 0.25) is 0 Å². The minimum Gasteiger partial charge on any atom is -0.448 e. The largest absolute Gasteiger partial charge is 0.448 e. The fraction of sp³-hybridized carbons (Fsp3) is 0.167. The van der Waals surface area contributed by atoms with Gasteiger partial charge < -0.3 is 9.73 Å². The van der Waals surface area contributed by atoms with Crippen molar-refractivity contribution < 1.29 is 4.42 Å². The van der Waals surface area contributed by atoms with Crippen LogP contribution in [0.25, 0.3) is 0 Å². The third-order valence-corrected chi connectivity index (χ3v) is 2.98. The van der Waals surface area contributed by atoms with E-state index in [1.807, 2.05) is 31.2 Å². The smallest absolute Gasteiger partial charge is 0.193 e. The van der Waals surface area contributed by atoms with Crippen molar-refractivity contribution in [3.8, 4) is 0 Å². The van der Waals surface area contributed by atoms with E-state index in [2.05, 4.69) is 5.32 Å². The molecule has 0 amide bonds. The molecule has 0 fully saturated rings. The summed E-state index contributed by atoms with van der Waals surface area (Å²) in [6.45, 7) is 2.53. The van der Waals surface area contributed by atoms with Crippen LogP contribution < -0.4 is 5.32 Å². The van der Waals surface area contributed by atoms with Gasteiger partial charge in [0.15, 0.2) is 5.22 Å². The fourth-order valence-corrected chi connectivity index (χ4v) is 1.77. The van der Waals surface area contributed by atoms with Crippen molar-refractivity contribution in [1.29, 1.82) is 0 Å². The van der Waals surface area contributed by atoms with Crippen LogP contribution in [-0.4, -0.2) is 0 Å². The topological polar surface area (TPSA) is 25.2 Å². The number of aryl methyl sites for hydroxylation is 1. The fourth-order valence-electron chi connectivity index (χ4n) is 1.41. The molecule has 0 aliphatic carbocycles. The summed E-state index contributed by atoms with van der Waals surface area (Å²) in [5, 5.41) is 4.33. The molecular weight excluding hydrogens is 245 g/mol. The van der Waals surface area contributed by atoms with Crippen molar-refractivity contribution in [1.82, 2.24) is 0 Å². The second-order valence-corrected chi connectivity index (χ2v) is 4.25.